The van der Waals surface area contributed by atoms with E-state index in [4.69, 9.17) is 4.55 Å². The van der Waals surface area contributed by atoms with E-state index < -0.39 is 10.1 Å². The summed E-state index contributed by atoms with van der Waals surface area (Å²) in [6, 6.07) is 0. The van der Waals surface area contributed by atoms with Gasteiger partial charge in [-0.3, -0.25) is 4.55 Å². The Kier molecular flexibility index (Phi) is 5.39. The van der Waals surface area contributed by atoms with Crippen molar-refractivity contribution < 1.29 is 13.0 Å². The van der Waals surface area contributed by atoms with Crippen LogP contribution in [0.3, 0.4) is 0 Å². The third kappa shape index (κ3) is 12.5. The predicted octanol–water partition coefficient (Wildman–Crippen LogP) is -0.975. The lowest BCUT2D eigenvalue weighted by Gasteiger charge is -2.21. The van der Waals surface area contributed by atoms with Crippen molar-refractivity contribution in [3.8, 4) is 0 Å². The van der Waals surface area contributed by atoms with E-state index >= 15 is 0 Å². The minimum atomic E-state index is -3.67. The summed E-state index contributed by atoms with van der Waals surface area (Å²) >= 11 is 0. The number of hydrogen-bond acceptors (Lipinski definition) is 4. The van der Waals surface area contributed by atoms with Gasteiger partial charge in [-0.15, -0.1) is 0 Å². The number of rotatable bonds is 0. The van der Waals surface area contributed by atoms with Crippen LogP contribution in [0.1, 0.15) is 0 Å². The van der Waals surface area contributed by atoms with Crippen molar-refractivity contribution in [1.82, 2.24) is 10.2 Å². The maximum Gasteiger partial charge on any atom is 0.261 e. The highest BCUT2D eigenvalue weighted by Crippen LogP contribution is 1.83. The van der Waals surface area contributed by atoms with Gasteiger partial charge in [-0.1, -0.05) is 0 Å². The van der Waals surface area contributed by atoms with Gasteiger partial charge < -0.3 is 10.2 Å². The molecule has 12 heavy (non-hydrogen) atoms. The Morgan fingerprint density at radius 3 is 1.83 bits per heavy atom. The SMILES string of the molecule is CN1CCNCC1.CS(=O)(=O)O. The van der Waals surface area contributed by atoms with Gasteiger partial charge in [-0.2, -0.15) is 8.42 Å². The van der Waals surface area contributed by atoms with Crippen molar-refractivity contribution in [2.45, 2.75) is 0 Å². The molecule has 0 aromatic rings. The molecule has 0 aromatic heterocycles. The van der Waals surface area contributed by atoms with E-state index in [2.05, 4.69) is 17.3 Å². The molecule has 0 unspecified atom stereocenters. The standard InChI is InChI=1S/C5H12N2.CH4O3S/c1-7-4-2-6-3-5-7;1-5(2,3)4/h6H,2-5H2,1H3;1H3,(H,2,3,4). The maximum atomic E-state index is 9.19. The molecule has 0 spiro atoms. The maximum absolute atomic E-state index is 9.19. The minimum absolute atomic E-state index is 0.715. The molecule has 0 aromatic carbocycles. The van der Waals surface area contributed by atoms with E-state index in [1.807, 2.05) is 0 Å². The number of hydrogen-bond donors (Lipinski definition) is 2. The molecule has 1 saturated heterocycles. The Morgan fingerprint density at radius 2 is 1.67 bits per heavy atom. The fourth-order valence-electron chi connectivity index (χ4n) is 0.777. The zero-order valence-electron chi connectivity index (χ0n) is 7.45. The van der Waals surface area contributed by atoms with Gasteiger partial charge in [-0.25, -0.2) is 0 Å². The van der Waals surface area contributed by atoms with Crippen LogP contribution in [-0.4, -0.2) is 57.4 Å². The summed E-state index contributed by atoms with van der Waals surface area (Å²) in [5, 5.41) is 3.27. The molecule has 6 heteroatoms. The summed E-state index contributed by atoms with van der Waals surface area (Å²) in [4.78, 5) is 2.33. The van der Waals surface area contributed by atoms with Gasteiger partial charge in [0.15, 0.2) is 0 Å². The molecule has 0 saturated carbocycles. The molecule has 1 aliphatic rings. The van der Waals surface area contributed by atoms with Crippen molar-refractivity contribution in [3.05, 3.63) is 0 Å². The van der Waals surface area contributed by atoms with Crippen LogP contribution in [0.5, 0.6) is 0 Å². The topological polar surface area (TPSA) is 69.6 Å². The first kappa shape index (κ1) is 11.8. The molecule has 0 atom stereocenters. The number of piperazine rings is 1. The van der Waals surface area contributed by atoms with E-state index in [1.165, 1.54) is 13.1 Å². The van der Waals surface area contributed by atoms with Crippen molar-refractivity contribution in [2.75, 3.05) is 39.5 Å². The van der Waals surface area contributed by atoms with Crippen LogP contribution in [0.2, 0.25) is 0 Å². The first-order valence-corrected chi connectivity index (χ1v) is 5.56. The Bertz CT molecular complexity index is 189. The molecular formula is C6H16N2O3S. The van der Waals surface area contributed by atoms with E-state index in [9.17, 15) is 8.42 Å². The smallest absolute Gasteiger partial charge is 0.261 e. The monoisotopic (exact) mass is 196 g/mol. The first-order valence-electron chi connectivity index (χ1n) is 3.71. The molecule has 1 heterocycles. The molecule has 1 rings (SSSR count). The fraction of sp³-hybridized carbons (Fsp3) is 1.00. The van der Waals surface area contributed by atoms with Crippen LogP contribution in [0.4, 0.5) is 0 Å². The van der Waals surface area contributed by atoms with Crippen LogP contribution >= 0.6 is 0 Å². The van der Waals surface area contributed by atoms with E-state index in [0.717, 1.165) is 13.1 Å². The number of nitrogens with zero attached hydrogens (tertiary/aromatic N) is 1. The van der Waals surface area contributed by atoms with Gasteiger partial charge >= 0.3 is 0 Å². The van der Waals surface area contributed by atoms with Gasteiger partial charge in [0, 0.05) is 26.2 Å². The van der Waals surface area contributed by atoms with Crippen LogP contribution in [0, 0.1) is 0 Å². The second-order valence-corrected chi connectivity index (χ2v) is 4.25. The van der Waals surface area contributed by atoms with Crippen LogP contribution in [0.25, 0.3) is 0 Å². The summed E-state index contributed by atoms with van der Waals surface area (Å²) in [6.07, 6.45) is 0.715. The summed E-state index contributed by atoms with van der Waals surface area (Å²) < 4.78 is 25.9. The summed E-state index contributed by atoms with van der Waals surface area (Å²) in [7, 11) is -1.51. The molecule has 2 N–H and O–H groups in total. The van der Waals surface area contributed by atoms with Crippen LogP contribution < -0.4 is 5.32 Å². The summed E-state index contributed by atoms with van der Waals surface area (Å²) in [5.74, 6) is 0. The summed E-state index contributed by atoms with van der Waals surface area (Å²) in [6.45, 7) is 4.74. The van der Waals surface area contributed by atoms with Crippen molar-refractivity contribution in [3.63, 3.8) is 0 Å². The first-order chi connectivity index (χ1) is 5.39. The normalized spacial score (nSPS) is 19.6. The second-order valence-electron chi connectivity index (χ2n) is 2.79. The Hall–Kier alpha value is -0.170. The third-order valence-corrected chi connectivity index (χ3v) is 1.34. The molecule has 0 aliphatic carbocycles. The predicted molar refractivity (Wildman–Crippen MR) is 47.8 cm³/mol. The van der Waals surface area contributed by atoms with Crippen LogP contribution in [0.15, 0.2) is 0 Å². The summed E-state index contributed by atoms with van der Waals surface area (Å²) in [5.41, 5.74) is 0. The van der Waals surface area contributed by atoms with Gasteiger partial charge in [0.1, 0.15) is 0 Å². The molecule has 0 bridgehead atoms. The largest absolute Gasteiger partial charge is 0.314 e. The highest BCUT2D eigenvalue weighted by atomic mass is 32.2. The highest BCUT2D eigenvalue weighted by molar-refractivity contribution is 7.85. The average molecular weight is 196 g/mol. The molecule has 1 fully saturated rings. The lowest BCUT2D eigenvalue weighted by Crippen LogP contribution is -2.40. The lowest BCUT2D eigenvalue weighted by molar-refractivity contribution is 0.291. The quantitative estimate of drug-likeness (QED) is 0.488. The molecular weight excluding hydrogens is 180 g/mol. The molecule has 74 valence electrons. The van der Waals surface area contributed by atoms with E-state index in [-0.39, 0.29) is 0 Å². The third-order valence-electron chi connectivity index (χ3n) is 1.34. The van der Waals surface area contributed by atoms with Gasteiger partial charge in [0.2, 0.25) is 0 Å². The molecule has 5 nitrogen and oxygen atoms in total. The van der Waals surface area contributed by atoms with Crippen molar-refractivity contribution in [1.29, 1.82) is 0 Å². The Labute approximate surface area is 73.5 Å². The molecule has 1 aliphatic heterocycles. The fourth-order valence-corrected chi connectivity index (χ4v) is 0.777. The average Bonchev–Trinajstić information content (AvgIpc) is 1.85. The number of likely N-dealkylation sites (N-methyl/N-ethyl adjacent to an activating group) is 1. The van der Waals surface area contributed by atoms with Crippen molar-refractivity contribution >= 4 is 10.1 Å². The zero-order chi connectivity index (χ0) is 9.61. The van der Waals surface area contributed by atoms with E-state index in [0.29, 0.717) is 6.26 Å². The highest BCUT2D eigenvalue weighted by Gasteiger charge is 2.01. The second kappa shape index (κ2) is 5.47. The number of nitrogens with one attached hydrogen (secondary N) is 1. The van der Waals surface area contributed by atoms with Gasteiger partial charge in [0.05, 0.1) is 6.26 Å². The van der Waals surface area contributed by atoms with Crippen molar-refractivity contribution in [2.24, 2.45) is 0 Å². The molecule has 0 radical (unpaired) electrons. The van der Waals surface area contributed by atoms with E-state index in [1.54, 1.807) is 0 Å². The van der Waals surface area contributed by atoms with Gasteiger partial charge in [-0.05, 0) is 7.05 Å². The lowest BCUT2D eigenvalue weighted by atomic mass is 10.4. The minimum Gasteiger partial charge on any atom is -0.314 e. The molecule has 0 amide bonds. The zero-order valence-corrected chi connectivity index (χ0v) is 8.26. The van der Waals surface area contributed by atoms with Gasteiger partial charge in [0.25, 0.3) is 10.1 Å². The Morgan fingerprint density at radius 1 is 1.33 bits per heavy atom. The Balaban J connectivity index is 0.000000217. The van der Waals surface area contributed by atoms with Crippen LogP contribution in [-0.2, 0) is 10.1 Å².